The summed E-state index contributed by atoms with van der Waals surface area (Å²) < 4.78 is 0. The smallest absolute Gasteiger partial charge is 0.220 e. The molecule has 0 spiro atoms. The molecule has 7 atom stereocenters. The van der Waals surface area contributed by atoms with Crippen molar-refractivity contribution in [3.05, 3.63) is 0 Å². The molecule has 192 valence electrons. The molecule has 0 aromatic rings. The Kier molecular flexibility index (Phi) is 8.95. The van der Waals surface area contributed by atoms with E-state index in [1.54, 1.807) is 4.90 Å². The Bertz CT molecular complexity index is 698. The number of hydrogen-bond acceptors (Lipinski definition) is 7. The highest BCUT2D eigenvalue weighted by Crippen LogP contribution is 2.43. The SMILES string of the molecule is CC(=O)N1CCCCC1C(O)C(O)C(C)(C)CC(C)(C)CC1C(O)C(O)C(CO)N1C(C)=O. The van der Waals surface area contributed by atoms with E-state index in [0.717, 1.165) is 12.8 Å². The zero-order valence-corrected chi connectivity index (χ0v) is 20.9. The molecule has 0 aromatic carbocycles. The lowest BCUT2D eigenvalue weighted by molar-refractivity contribution is -0.144. The fraction of sp³-hybridized carbons (Fsp3) is 0.917. The molecule has 9 nitrogen and oxygen atoms in total. The second kappa shape index (κ2) is 10.6. The van der Waals surface area contributed by atoms with Crippen LogP contribution in [-0.4, -0.2) is 103 Å². The summed E-state index contributed by atoms with van der Waals surface area (Å²) in [5.41, 5.74) is -1.22. The van der Waals surface area contributed by atoms with Gasteiger partial charge in [0.1, 0.15) is 18.3 Å². The largest absolute Gasteiger partial charge is 0.394 e. The highest BCUT2D eigenvalue weighted by molar-refractivity contribution is 5.75. The van der Waals surface area contributed by atoms with Crippen LogP contribution in [0.15, 0.2) is 0 Å². The Balaban J connectivity index is 2.16. The van der Waals surface area contributed by atoms with Crippen molar-refractivity contribution in [2.45, 2.75) is 116 Å². The molecular weight excluding hydrogens is 428 g/mol. The number of aliphatic hydroxyl groups excluding tert-OH is 5. The van der Waals surface area contributed by atoms with Crippen molar-refractivity contribution >= 4 is 11.8 Å². The lowest BCUT2D eigenvalue weighted by atomic mass is 9.67. The molecule has 0 aliphatic carbocycles. The normalized spacial score (nSPS) is 30.9. The van der Waals surface area contributed by atoms with Gasteiger partial charge in [0.25, 0.3) is 0 Å². The standard InChI is InChI=1S/C24H44N2O7/c1-14(28)25-10-8-7-9-16(25)21(32)22(33)24(5,6)13-23(3,4)11-17-19(30)20(31)18(12-27)26(17)15(2)29/h16-22,27,30-33H,7-13H2,1-6H3. The van der Waals surface area contributed by atoms with Crippen LogP contribution in [-0.2, 0) is 9.59 Å². The Morgan fingerprint density at radius 1 is 0.970 bits per heavy atom. The maximum absolute atomic E-state index is 12.2. The van der Waals surface area contributed by atoms with E-state index in [1.165, 1.54) is 18.7 Å². The van der Waals surface area contributed by atoms with Crippen molar-refractivity contribution in [3.63, 3.8) is 0 Å². The van der Waals surface area contributed by atoms with Crippen LogP contribution in [0.5, 0.6) is 0 Å². The summed E-state index contributed by atoms with van der Waals surface area (Å²) in [6, 6.07) is -1.96. The fourth-order valence-electron chi connectivity index (χ4n) is 6.26. The van der Waals surface area contributed by atoms with E-state index in [1.807, 2.05) is 27.7 Å². The van der Waals surface area contributed by atoms with Crippen molar-refractivity contribution in [3.8, 4) is 0 Å². The number of carbonyl (C=O) groups excluding carboxylic acids is 2. The van der Waals surface area contributed by atoms with E-state index in [2.05, 4.69) is 0 Å². The zero-order chi connectivity index (χ0) is 25.3. The molecule has 2 rings (SSSR count). The topological polar surface area (TPSA) is 142 Å². The van der Waals surface area contributed by atoms with Crippen LogP contribution in [0.2, 0.25) is 0 Å². The fourth-order valence-corrected chi connectivity index (χ4v) is 6.26. The number of hydrogen-bond donors (Lipinski definition) is 5. The molecule has 9 heteroatoms. The molecule has 2 aliphatic heterocycles. The first-order chi connectivity index (χ1) is 15.1. The van der Waals surface area contributed by atoms with Crippen molar-refractivity contribution in [2.24, 2.45) is 10.8 Å². The molecule has 33 heavy (non-hydrogen) atoms. The van der Waals surface area contributed by atoms with Crippen molar-refractivity contribution in [1.29, 1.82) is 0 Å². The number of piperidine rings is 1. The van der Waals surface area contributed by atoms with Crippen LogP contribution < -0.4 is 0 Å². The zero-order valence-electron chi connectivity index (χ0n) is 20.9. The molecule has 0 bridgehead atoms. The Hall–Kier alpha value is -1.26. The van der Waals surface area contributed by atoms with Crippen LogP contribution in [0, 0.1) is 10.8 Å². The van der Waals surface area contributed by atoms with Gasteiger partial charge in [-0.25, -0.2) is 0 Å². The minimum Gasteiger partial charge on any atom is -0.394 e. The molecule has 5 N–H and O–H groups in total. The first-order valence-corrected chi connectivity index (χ1v) is 12.0. The van der Waals surface area contributed by atoms with Gasteiger partial charge in [-0.15, -0.1) is 0 Å². The second-order valence-corrected chi connectivity index (χ2v) is 11.5. The summed E-state index contributed by atoms with van der Waals surface area (Å²) in [7, 11) is 0. The molecule has 2 heterocycles. The Morgan fingerprint density at radius 2 is 1.55 bits per heavy atom. The minimum atomic E-state index is -1.23. The maximum atomic E-state index is 12.2. The number of likely N-dealkylation sites (tertiary alicyclic amines) is 2. The summed E-state index contributed by atoms with van der Waals surface area (Å²) in [5, 5.41) is 52.8. The van der Waals surface area contributed by atoms with E-state index >= 15 is 0 Å². The van der Waals surface area contributed by atoms with Gasteiger partial charge in [0.2, 0.25) is 11.8 Å². The van der Waals surface area contributed by atoms with Gasteiger partial charge < -0.3 is 35.3 Å². The third-order valence-corrected chi connectivity index (χ3v) is 7.57. The first-order valence-electron chi connectivity index (χ1n) is 12.0. The predicted octanol–water partition coefficient (Wildman–Crippen LogP) is 0.255. The average molecular weight is 473 g/mol. The molecule has 2 fully saturated rings. The number of rotatable bonds is 8. The maximum Gasteiger partial charge on any atom is 0.220 e. The Labute approximate surface area is 197 Å². The quantitative estimate of drug-likeness (QED) is 0.341. The van der Waals surface area contributed by atoms with E-state index < -0.39 is 60.0 Å². The highest BCUT2D eigenvalue weighted by Gasteiger charge is 2.51. The predicted molar refractivity (Wildman–Crippen MR) is 123 cm³/mol. The summed E-state index contributed by atoms with van der Waals surface area (Å²) in [4.78, 5) is 27.3. The van der Waals surface area contributed by atoms with Gasteiger partial charge in [-0.05, 0) is 42.9 Å². The van der Waals surface area contributed by atoms with Crippen LogP contribution in [0.4, 0.5) is 0 Å². The molecule has 2 aliphatic rings. The molecule has 0 aromatic heterocycles. The van der Waals surface area contributed by atoms with Crippen molar-refractivity contribution in [2.75, 3.05) is 13.2 Å². The number of nitrogens with zero attached hydrogens (tertiary/aromatic N) is 2. The molecule has 0 radical (unpaired) electrons. The minimum absolute atomic E-state index is 0.111. The molecule has 0 saturated carbocycles. The molecule has 2 saturated heterocycles. The van der Waals surface area contributed by atoms with Gasteiger partial charge in [-0.2, -0.15) is 0 Å². The third-order valence-electron chi connectivity index (χ3n) is 7.57. The highest BCUT2D eigenvalue weighted by atomic mass is 16.3. The third kappa shape index (κ3) is 6.06. The van der Waals surface area contributed by atoms with E-state index in [-0.39, 0.29) is 11.8 Å². The van der Waals surface area contributed by atoms with Crippen molar-refractivity contribution in [1.82, 2.24) is 9.80 Å². The van der Waals surface area contributed by atoms with E-state index in [0.29, 0.717) is 25.8 Å². The number of amides is 2. The van der Waals surface area contributed by atoms with Gasteiger partial charge in [-0.3, -0.25) is 9.59 Å². The summed E-state index contributed by atoms with van der Waals surface area (Å²) in [6.45, 7) is 10.6. The number of aliphatic hydroxyl groups is 5. The van der Waals surface area contributed by atoms with E-state index in [9.17, 15) is 35.1 Å². The second-order valence-electron chi connectivity index (χ2n) is 11.5. The van der Waals surface area contributed by atoms with E-state index in [4.69, 9.17) is 0 Å². The summed E-state index contributed by atoms with van der Waals surface area (Å²) in [6.07, 6.45) is -1.39. The van der Waals surface area contributed by atoms with Crippen LogP contribution in [0.25, 0.3) is 0 Å². The average Bonchev–Trinajstić information content (AvgIpc) is 2.95. The molecule has 7 unspecified atom stereocenters. The van der Waals surface area contributed by atoms with Crippen LogP contribution in [0.1, 0.15) is 73.6 Å². The van der Waals surface area contributed by atoms with Gasteiger partial charge >= 0.3 is 0 Å². The van der Waals surface area contributed by atoms with Gasteiger partial charge in [0.05, 0.1) is 30.8 Å². The van der Waals surface area contributed by atoms with Gasteiger partial charge in [-0.1, -0.05) is 27.7 Å². The van der Waals surface area contributed by atoms with Crippen LogP contribution >= 0.6 is 0 Å². The summed E-state index contributed by atoms with van der Waals surface area (Å²) >= 11 is 0. The lowest BCUT2D eigenvalue weighted by Gasteiger charge is -2.46. The number of carbonyl (C=O) groups is 2. The lowest BCUT2D eigenvalue weighted by Crippen LogP contribution is -2.56. The first kappa shape index (κ1) is 28.0. The summed E-state index contributed by atoms with van der Waals surface area (Å²) in [5.74, 6) is -0.442. The van der Waals surface area contributed by atoms with Crippen molar-refractivity contribution < 1.29 is 35.1 Å². The molecular formula is C24H44N2O7. The van der Waals surface area contributed by atoms with Gasteiger partial charge in [0.15, 0.2) is 0 Å². The molecule has 2 amide bonds. The van der Waals surface area contributed by atoms with Crippen LogP contribution in [0.3, 0.4) is 0 Å². The Morgan fingerprint density at radius 3 is 2.06 bits per heavy atom. The monoisotopic (exact) mass is 472 g/mol. The van der Waals surface area contributed by atoms with Gasteiger partial charge in [0, 0.05) is 20.4 Å².